The lowest BCUT2D eigenvalue weighted by Gasteiger charge is -2.11. The second-order valence-corrected chi connectivity index (χ2v) is 3.99. The van der Waals surface area contributed by atoms with Gasteiger partial charge in [0, 0.05) is 6.54 Å². The number of carbonyl (C=O) groups excluding carboxylic acids is 1. The summed E-state index contributed by atoms with van der Waals surface area (Å²) < 4.78 is 0. The highest BCUT2D eigenvalue weighted by molar-refractivity contribution is 5.85. The number of hydrogen-bond acceptors (Lipinski definition) is 1. The van der Waals surface area contributed by atoms with Gasteiger partial charge in [-0.15, -0.1) is 0 Å². The molecule has 2 rings (SSSR count). The van der Waals surface area contributed by atoms with E-state index >= 15 is 0 Å². The molecule has 1 aliphatic rings. The van der Waals surface area contributed by atoms with Gasteiger partial charge >= 0.3 is 0 Å². The fourth-order valence-electron chi connectivity index (χ4n) is 2.11. The quantitative estimate of drug-likeness (QED) is 0.718. The van der Waals surface area contributed by atoms with E-state index in [2.05, 4.69) is 37.4 Å². The van der Waals surface area contributed by atoms with Crippen LogP contribution in [0, 0.1) is 13.8 Å². The minimum Gasteiger partial charge on any atom is -0.356 e. The topological polar surface area (TPSA) is 29.1 Å². The molecule has 1 aromatic rings. The van der Waals surface area contributed by atoms with Crippen LogP contribution in [0.4, 0.5) is 0 Å². The van der Waals surface area contributed by atoms with Crippen LogP contribution in [0.5, 0.6) is 0 Å². The van der Waals surface area contributed by atoms with Gasteiger partial charge in [0.2, 0.25) is 5.91 Å². The molecular weight excluding hydrogens is 174 g/mol. The van der Waals surface area contributed by atoms with Gasteiger partial charge in [0.1, 0.15) is 0 Å². The summed E-state index contributed by atoms with van der Waals surface area (Å²) in [4.78, 5) is 11.5. The summed E-state index contributed by atoms with van der Waals surface area (Å²) in [5, 5.41) is 2.87. The molecule has 0 spiro atoms. The lowest BCUT2D eigenvalue weighted by molar-refractivity contribution is -0.120. The number of aryl methyl sites for hydroxylation is 2. The summed E-state index contributed by atoms with van der Waals surface area (Å²) in [7, 11) is 0. The molecular formula is C12H15NO. The predicted molar refractivity (Wildman–Crippen MR) is 56.3 cm³/mol. The highest BCUT2D eigenvalue weighted by atomic mass is 16.2. The van der Waals surface area contributed by atoms with Gasteiger partial charge in [0.25, 0.3) is 0 Å². The van der Waals surface area contributed by atoms with E-state index in [9.17, 15) is 4.79 Å². The molecule has 0 aromatic heterocycles. The molecule has 1 atom stereocenters. The van der Waals surface area contributed by atoms with E-state index in [0.717, 1.165) is 13.0 Å². The highest BCUT2D eigenvalue weighted by Crippen LogP contribution is 2.26. The standard InChI is InChI=1S/C12H15NO/c1-8-3-4-10(9(2)7-8)11-5-6-13-12(11)14/h3-4,7,11H,5-6H2,1-2H3,(H,13,14). The van der Waals surface area contributed by atoms with Crippen LogP contribution in [0.25, 0.3) is 0 Å². The Kier molecular flexibility index (Phi) is 2.28. The molecule has 1 aromatic carbocycles. The molecule has 2 heteroatoms. The van der Waals surface area contributed by atoms with E-state index < -0.39 is 0 Å². The average molecular weight is 189 g/mol. The highest BCUT2D eigenvalue weighted by Gasteiger charge is 2.26. The molecule has 1 aliphatic heterocycles. The first-order valence-electron chi connectivity index (χ1n) is 5.03. The Bertz CT molecular complexity index is 371. The maximum absolute atomic E-state index is 11.5. The minimum absolute atomic E-state index is 0.0793. The maximum Gasteiger partial charge on any atom is 0.227 e. The SMILES string of the molecule is Cc1ccc(C2CCNC2=O)c(C)c1. The number of amides is 1. The first-order valence-corrected chi connectivity index (χ1v) is 5.03. The molecule has 74 valence electrons. The van der Waals surface area contributed by atoms with Gasteiger partial charge < -0.3 is 5.32 Å². The summed E-state index contributed by atoms with van der Waals surface area (Å²) >= 11 is 0. The van der Waals surface area contributed by atoms with Gasteiger partial charge in [-0.2, -0.15) is 0 Å². The number of rotatable bonds is 1. The van der Waals surface area contributed by atoms with E-state index in [-0.39, 0.29) is 11.8 Å². The molecule has 1 unspecified atom stereocenters. The fourth-order valence-corrected chi connectivity index (χ4v) is 2.11. The van der Waals surface area contributed by atoms with Crippen molar-refractivity contribution in [2.45, 2.75) is 26.2 Å². The fraction of sp³-hybridized carbons (Fsp3) is 0.417. The first-order chi connectivity index (χ1) is 6.68. The average Bonchev–Trinajstić information content (AvgIpc) is 2.52. The van der Waals surface area contributed by atoms with Crippen molar-refractivity contribution in [3.05, 3.63) is 34.9 Å². The second-order valence-electron chi connectivity index (χ2n) is 3.99. The Labute approximate surface area is 84.3 Å². The molecule has 0 bridgehead atoms. The lowest BCUT2D eigenvalue weighted by atomic mass is 9.92. The normalized spacial score (nSPS) is 21.0. The minimum atomic E-state index is 0.0793. The van der Waals surface area contributed by atoms with Crippen molar-refractivity contribution in [3.8, 4) is 0 Å². The Balaban J connectivity index is 2.36. The lowest BCUT2D eigenvalue weighted by Crippen LogP contribution is -2.18. The number of hydrogen-bond donors (Lipinski definition) is 1. The van der Waals surface area contributed by atoms with Crippen LogP contribution in [-0.2, 0) is 4.79 Å². The second kappa shape index (κ2) is 3.45. The Morgan fingerprint density at radius 3 is 2.71 bits per heavy atom. The van der Waals surface area contributed by atoms with Crippen LogP contribution in [0.2, 0.25) is 0 Å². The van der Waals surface area contributed by atoms with E-state index in [0.29, 0.717) is 0 Å². The third kappa shape index (κ3) is 1.52. The third-order valence-electron chi connectivity index (χ3n) is 2.85. The van der Waals surface area contributed by atoms with Crippen molar-refractivity contribution >= 4 is 5.91 Å². The molecule has 1 fully saturated rings. The van der Waals surface area contributed by atoms with Gasteiger partial charge in [-0.05, 0) is 31.4 Å². The monoisotopic (exact) mass is 189 g/mol. The van der Waals surface area contributed by atoms with Gasteiger partial charge in [0.15, 0.2) is 0 Å². The van der Waals surface area contributed by atoms with Crippen LogP contribution in [-0.4, -0.2) is 12.5 Å². The predicted octanol–water partition coefficient (Wildman–Crippen LogP) is 1.91. The molecule has 1 saturated heterocycles. The van der Waals surface area contributed by atoms with Gasteiger partial charge in [-0.1, -0.05) is 23.8 Å². The van der Waals surface area contributed by atoms with Crippen molar-refractivity contribution in [1.82, 2.24) is 5.32 Å². The maximum atomic E-state index is 11.5. The molecule has 2 nitrogen and oxygen atoms in total. The molecule has 0 aliphatic carbocycles. The smallest absolute Gasteiger partial charge is 0.227 e. The molecule has 1 N–H and O–H groups in total. The van der Waals surface area contributed by atoms with Crippen LogP contribution >= 0.6 is 0 Å². The van der Waals surface area contributed by atoms with Crippen molar-refractivity contribution < 1.29 is 4.79 Å². The molecule has 14 heavy (non-hydrogen) atoms. The molecule has 1 heterocycles. The molecule has 0 radical (unpaired) electrons. The summed E-state index contributed by atoms with van der Waals surface area (Å²) in [6, 6.07) is 6.30. The molecule has 0 saturated carbocycles. The largest absolute Gasteiger partial charge is 0.356 e. The van der Waals surface area contributed by atoms with Gasteiger partial charge in [0.05, 0.1) is 5.92 Å². The summed E-state index contributed by atoms with van der Waals surface area (Å²) in [6.45, 7) is 4.97. The first kappa shape index (κ1) is 9.25. The van der Waals surface area contributed by atoms with Crippen LogP contribution in [0.15, 0.2) is 18.2 Å². The van der Waals surface area contributed by atoms with E-state index in [4.69, 9.17) is 0 Å². The van der Waals surface area contributed by atoms with Crippen molar-refractivity contribution in [2.75, 3.05) is 6.54 Å². The Hall–Kier alpha value is -1.31. The summed E-state index contributed by atoms with van der Waals surface area (Å²) in [6.07, 6.45) is 0.933. The van der Waals surface area contributed by atoms with Gasteiger partial charge in [-0.25, -0.2) is 0 Å². The number of benzene rings is 1. The zero-order valence-electron chi connectivity index (χ0n) is 8.63. The Morgan fingerprint density at radius 1 is 1.36 bits per heavy atom. The Morgan fingerprint density at radius 2 is 2.14 bits per heavy atom. The van der Waals surface area contributed by atoms with Crippen molar-refractivity contribution in [3.63, 3.8) is 0 Å². The molecule has 1 amide bonds. The number of nitrogens with one attached hydrogen (secondary N) is 1. The number of carbonyl (C=O) groups is 1. The van der Waals surface area contributed by atoms with E-state index in [1.807, 2.05) is 0 Å². The zero-order chi connectivity index (χ0) is 10.1. The summed E-state index contributed by atoms with van der Waals surface area (Å²) in [5.41, 5.74) is 3.67. The van der Waals surface area contributed by atoms with Crippen LogP contribution in [0.1, 0.15) is 29.0 Å². The van der Waals surface area contributed by atoms with E-state index in [1.165, 1.54) is 16.7 Å². The zero-order valence-corrected chi connectivity index (χ0v) is 8.63. The van der Waals surface area contributed by atoms with Crippen LogP contribution < -0.4 is 5.32 Å². The van der Waals surface area contributed by atoms with Crippen LogP contribution in [0.3, 0.4) is 0 Å². The van der Waals surface area contributed by atoms with E-state index in [1.54, 1.807) is 0 Å². The van der Waals surface area contributed by atoms with Crippen molar-refractivity contribution in [1.29, 1.82) is 0 Å². The van der Waals surface area contributed by atoms with Crippen molar-refractivity contribution in [2.24, 2.45) is 0 Å². The summed E-state index contributed by atoms with van der Waals surface area (Å²) in [5.74, 6) is 0.257. The third-order valence-corrected chi connectivity index (χ3v) is 2.85. The van der Waals surface area contributed by atoms with Gasteiger partial charge in [-0.3, -0.25) is 4.79 Å².